The van der Waals surface area contributed by atoms with E-state index in [-0.39, 0.29) is 5.02 Å². The van der Waals surface area contributed by atoms with Gasteiger partial charge in [0.05, 0.1) is 23.9 Å². The number of rotatable bonds is 4. The third-order valence-electron chi connectivity index (χ3n) is 2.72. The van der Waals surface area contributed by atoms with Crippen LogP contribution in [0.2, 0.25) is 5.02 Å². The van der Waals surface area contributed by atoms with E-state index < -0.39 is 11.9 Å². The lowest BCUT2D eigenvalue weighted by Gasteiger charge is -2.12. The van der Waals surface area contributed by atoms with Gasteiger partial charge in [-0.25, -0.2) is 4.39 Å². The van der Waals surface area contributed by atoms with E-state index in [0.29, 0.717) is 23.6 Å². The zero-order valence-corrected chi connectivity index (χ0v) is 11.1. The summed E-state index contributed by atoms with van der Waals surface area (Å²) in [6.45, 7) is 0. The van der Waals surface area contributed by atoms with Crippen molar-refractivity contribution in [1.82, 2.24) is 10.2 Å². The molecule has 2 N–H and O–H groups in total. The van der Waals surface area contributed by atoms with Crippen LogP contribution in [-0.2, 0) is 6.42 Å². The summed E-state index contributed by atoms with van der Waals surface area (Å²) in [6.07, 6.45) is 0.299. The summed E-state index contributed by atoms with van der Waals surface area (Å²) in [6, 6.07) is 7.76. The SMILES string of the molecule is COc1ccc(C(N)Cc2cccc(Cl)c2F)nn1. The van der Waals surface area contributed by atoms with Crippen LogP contribution in [0.5, 0.6) is 5.88 Å². The van der Waals surface area contributed by atoms with Gasteiger partial charge >= 0.3 is 0 Å². The maximum atomic E-state index is 13.8. The Morgan fingerprint density at radius 3 is 2.74 bits per heavy atom. The molecule has 1 unspecified atom stereocenters. The first kappa shape index (κ1) is 13.7. The minimum absolute atomic E-state index is 0.0884. The van der Waals surface area contributed by atoms with E-state index in [4.69, 9.17) is 22.1 Å². The molecule has 6 heteroatoms. The van der Waals surface area contributed by atoms with Gasteiger partial charge in [-0.15, -0.1) is 5.10 Å². The number of aromatic nitrogens is 2. The molecule has 0 saturated carbocycles. The normalized spacial score (nSPS) is 12.2. The quantitative estimate of drug-likeness (QED) is 0.935. The van der Waals surface area contributed by atoms with Crippen LogP contribution in [-0.4, -0.2) is 17.3 Å². The van der Waals surface area contributed by atoms with Crippen LogP contribution >= 0.6 is 11.6 Å². The predicted molar refractivity (Wildman–Crippen MR) is 70.6 cm³/mol. The van der Waals surface area contributed by atoms with E-state index in [9.17, 15) is 4.39 Å². The van der Waals surface area contributed by atoms with Crippen molar-refractivity contribution < 1.29 is 9.13 Å². The summed E-state index contributed by atoms with van der Waals surface area (Å²) in [5, 5.41) is 7.86. The summed E-state index contributed by atoms with van der Waals surface area (Å²) >= 11 is 5.72. The average Bonchev–Trinajstić information content (AvgIpc) is 2.44. The van der Waals surface area contributed by atoms with Gasteiger partial charge in [-0.05, 0) is 24.1 Å². The van der Waals surface area contributed by atoms with Gasteiger partial charge in [-0.2, -0.15) is 5.10 Å². The maximum absolute atomic E-state index is 13.8. The standard InChI is InChI=1S/C13H13ClFN3O/c1-19-12-6-5-11(17-18-12)10(16)7-8-3-2-4-9(14)13(8)15/h2-6,10H,7,16H2,1H3. The van der Waals surface area contributed by atoms with Crippen molar-refractivity contribution in [2.24, 2.45) is 5.73 Å². The number of hydrogen-bond acceptors (Lipinski definition) is 4. The van der Waals surface area contributed by atoms with Gasteiger partial charge in [0, 0.05) is 6.07 Å². The Bertz CT molecular complexity index is 562. The van der Waals surface area contributed by atoms with E-state index in [1.807, 2.05) is 0 Å². The molecule has 1 atom stereocenters. The highest BCUT2D eigenvalue weighted by atomic mass is 35.5. The third kappa shape index (κ3) is 3.19. The Balaban J connectivity index is 2.15. The second-order valence-electron chi connectivity index (χ2n) is 4.02. The molecule has 100 valence electrons. The monoisotopic (exact) mass is 281 g/mol. The summed E-state index contributed by atoms with van der Waals surface area (Å²) in [5.41, 5.74) is 7.01. The van der Waals surface area contributed by atoms with Crippen LogP contribution in [0.4, 0.5) is 4.39 Å². The molecule has 19 heavy (non-hydrogen) atoms. The Morgan fingerprint density at radius 1 is 1.32 bits per heavy atom. The number of halogens is 2. The largest absolute Gasteiger partial charge is 0.480 e. The molecule has 0 aliphatic rings. The number of ether oxygens (including phenoxy) is 1. The van der Waals surface area contributed by atoms with E-state index in [2.05, 4.69) is 10.2 Å². The Kier molecular flexibility index (Phi) is 4.29. The maximum Gasteiger partial charge on any atom is 0.233 e. The molecule has 0 spiro atoms. The van der Waals surface area contributed by atoms with Crippen molar-refractivity contribution in [3.63, 3.8) is 0 Å². The molecule has 0 bridgehead atoms. The zero-order valence-electron chi connectivity index (χ0n) is 10.3. The summed E-state index contributed by atoms with van der Waals surface area (Å²) in [5.74, 6) is -0.0361. The van der Waals surface area contributed by atoms with Crippen molar-refractivity contribution in [2.45, 2.75) is 12.5 Å². The summed E-state index contributed by atoms with van der Waals surface area (Å²) in [7, 11) is 1.50. The van der Waals surface area contributed by atoms with Crippen LogP contribution < -0.4 is 10.5 Å². The van der Waals surface area contributed by atoms with Gasteiger partial charge < -0.3 is 10.5 Å². The smallest absolute Gasteiger partial charge is 0.233 e. The molecule has 1 heterocycles. The molecule has 2 rings (SSSR count). The topological polar surface area (TPSA) is 61.0 Å². The molecule has 1 aromatic heterocycles. The second-order valence-corrected chi connectivity index (χ2v) is 4.43. The first-order chi connectivity index (χ1) is 9.11. The number of benzene rings is 1. The Morgan fingerprint density at radius 2 is 2.11 bits per heavy atom. The number of nitrogens with zero attached hydrogens (tertiary/aromatic N) is 2. The number of hydrogen-bond donors (Lipinski definition) is 1. The van der Waals surface area contributed by atoms with E-state index in [1.165, 1.54) is 13.2 Å². The zero-order chi connectivity index (χ0) is 13.8. The van der Waals surface area contributed by atoms with E-state index in [0.717, 1.165) is 0 Å². The van der Waals surface area contributed by atoms with Crippen LogP contribution in [0.3, 0.4) is 0 Å². The average molecular weight is 282 g/mol. The Hall–Kier alpha value is -1.72. The number of nitrogens with two attached hydrogens (primary N) is 1. The van der Waals surface area contributed by atoms with Crippen molar-refractivity contribution >= 4 is 11.6 Å². The van der Waals surface area contributed by atoms with Gasteiger partial charge in [-0.3, -0.25) is 0 Å². The highest BCUT2D eigenvalue weighted by Crippen LogP contribution is 2.22. The molecule has 0 aliphatic carbocycles. The molecule has 0 fully saturated rings. The number of methoxy groups -OCH3 is 1. The van der Waals surface area contributed by atoms with Gasteiger partial charge in [0.1, 0.15) is 5.82 Å². The molecule has 1 aromatic carbocycles. The van der Waals surface area contributed by atoms with Crippen LogP contribution in [0, 0.1) is 5.82 Å². The van der Waals surface area contributed by atoms with Crippen molar-refractivity contribution in [1.29, 1.82) is 0 Å². The molecule has 2 aromatic rings. The third-order valence-corrected chi connectivity index (χ3v) is 3.01. The van der Waals surface area contributed by atoms with E-state index >= 15 is 0 Å². The fourth-order valence-electron chi connectivity index (χ4n) is 1.68. The molecule has 4 nitrogen and oxygen atoms in total. The molecular weight excluding hydrogens is 269 g/mol. The van der Waals surface area contributed by atoms with Gasteiger partial charge in [0.15, 0.2) is 0 Å². The van der Waals surface area contributed by atoms with Crippen molar-refractivity contribution in [3.8, 4) is 5.88 Å². The highest BCUT2D eigenvalue weighted by molar-refractivity contribution is 6.30. The van der Waals surface area contributed by atoms with Gasteiger partial charge in [0.25, 0.3) is 0 Å². The van der Waals surface area contributed by atoms with Crippen molar-refractivity contribution in [3.05, 3.63) is 52.4 Å². The van der Waals surface area contributed by atoms with Crippen molar-refractivity contribution in [2.75, 3.05) is 7.11 Å². The van der Waals surface area contributed by atoms with Gasteiger partial charge in [0.2, 0.25) is 5.88 Å². The first-order valence-corrected chi connectivity index (χ1v) is 6.05. The fourth-order valence-corrected chi connectivity index (χ4v) is 1.88. The minimum Gasteiger partial charge on any atom is -0.480 e. The van der Waals surface area contributed by atoms with E-state index in [1.54, 1.807) is 24.3 Å². The van der Waals surface area contributed by atoms with Crippen LogP contribution in [0.25, 0.3) is 0 Å². The molecule has 0 aliphatic heterocycles. The molecule has 0 radical (unpaired) electrons. The highest BCUT2D eigenvalue weighted by Gasteiger charge is 2.14. The molecule has 0 saturated heterocycles. The Labute approximate surface area is 115 Å². The lowest BCUT2D eigenvalue weighted by molar-refractivity contribution is 0.390. The summed E-state index contributed by atoms with van der Waals surface area (Å²) < 4.78 is 18.7. The minimum atomic E-state index is -0.452. The molecule has 0 amide bonds. The van der Waals surface area contributed by atoms with Gasteiger partial charge in [-0.1, -0.05) is 23.7 Å². The fraction of sp³-hybridized carbons (Fsp3) is 0.231. The predicted octanol–water partition coefficient (Wildman–Crippen LogP) is 2.52. The first-order valence-electron chi connectivity index (χ1n) is 5.68. The lowest BCUT2D eigenvalue weighted by Crippen LogP contribution is -2.16. The lowest BCUT2D eigenvalue weighted by atomic mass is 10.0. The van der Waals surface area contributed by atoms with Crippen LogP contribution in [0.1, 0.15) is 17.3 Å². The summed E-state index contributed by atoms with van der Waals surface area (Å²) in [4.78, 5) is 0. The second kappa shape index (κ2) is 5.95. The molecular formula is C13H13ClFN3O. The van der Waals surface area contributed by atoms with Crippen LogP contribution in [0.15, 0.2) is 30.3 Å².